The number of hydrogen-bond acceptors (Lipinski definition) is 8. The zero-order valence-corrected chi connectivity index (χ0v) is 21.0. The number of sulfone groups is 1. The van der Waals surface area contributed by atoms with Crippen LogP contribution in [0.5, 0.6) is 0 Å². The van der Waals surface area contributed by atoms with Crippen LogP contribution in [0.15, 0.2) is 72.3 Å². The van der Waals surface area contributed by atoms with Gasteiger partial charge in [-0.05, 0) is 18.1 Å². The highest BCUT2D eigenvalue weighted by Crippen LogP contribution is 2.49. The molecule has 10 nitrogen and oxygen atoms in total. The lowest BCUT2D eigenvalue weighted by Crippen LogP contribution is -2.60. The lowest BCUT2D eigenvalue weighted by Gasteiger charge is -2.38. The second-order valence-electron chi connectivity index (χ2n) is 8.70. The maximum absolute atomic E-state index is 13.7. The number of alkyl halides is 1. The van der Waals surface area contributed by atoms with Gasteiger partial charge in [0.1, 0.15) is 17.2 Å². The van der Waals surface area contributed by atoms with Gasteiger partial charge in [-0.1, -0.05) is 60.7 Å². The largest absolute Gasteiger partial charge is 0.478 e. The summed E-state index contributed by atoms with van der Waals surface area (Å²) in [5.74, 6) is -5.02. The van der Waals surface area contributed by atoms with Crippen molar-refractivity contribution in [2.75, 3.05) is 12.5 Å². The number of aliphatic carboxylic acids is 1. The number of rotatable bonds is 8. The molecular weight excluding hydrogens is 526 g/mol. The number of halogens is 1. The molecule has 1 unspecified atom stereocenters. The molecule has 0 radical (unpaired) electrons. The zero-order valence-electron chi connectivity index (χ0n) is 19.4. The van der Waals surface area contributed by atoms with E-state index in [4.69, 9.17) is 26.2 Å². The summed E-state index contributed by atoms with van der Waals surface area (Å²) in [6.45, 7) is 0.350. The summed E-state index contributed by atoms with van der Waals surface area (Å²) in [7, 11) is -4.47. The number of hydrogen-bond donors (Lipinski definition) is 1. The molecule has 2 saturated heterocycles. The van der Waals surface area contributed by atoms with Crippen LogP contribution in [-0.2, 0) is 38.5 Å². The highest BCUT2D eigenvalue weighted by atomic mass is 35.5. The van der Waals surface area contributed by atoms with E-state index in [1.165, 1.54) is 0 Å². The second kappa shape index (κ2) is 9.98. The van der Waals surface area contributed by atoms with E-state index in [9.17, 15) is 27.6 Å². The van der Waals surface area contributed by atoms with E-state index in [-0.39, 0.29) is 0 Å². The minimum Gasteiger partial charge on any atom is -0.478 e. The molecular formula is C25H22ClNO9S. The van der Waals surface area contributed by atoms with Gasteiger partial charge in [0.15, 0.2) is 27.4 Å². The van der Waals surface area contributed by atoms with Crippen molar-refractivity contribution in [1.82, 2.24) is 4.90 Å². The second-order valence-corrected chi connectivity index (χ2v) is 11.4. The van der Waals surface area contributed by atoms with Gasteiger partial charge in [-0.2, -0.15) is 0 Å². The Hall–Kier alpha value is -3.70. The molecule has 3 atom stereocenters. The molecule has 2 aliphatic heterocycles. The van der Waals surface area contributed by atoms with Crippen molar-refractivity contribution in [2.24, 2.45) is 0 Å². The van der Waals surface area contributed by atoms with Crippen LogP contribution in [0.1, 0.15) is 24.2 Å². The standard InChI is InChI=1S/C25H22ClNO9S/c1-25(14-35-19(30)13-26)21(27-22(31)17(12-18(28)29)23(27)37(25,33)34)24(32)36-20(15-8-4-2-5-9-15)16-10-6-3-7-11-16/h2-12,20-21,23H,13-14H2,1H3,(H,28,29)/b17-12-/t21-,23?,25-/m0/s1. The number of amides is 1. The molecule has 2 heterocycles. The van der Waals surface area contributed by atoms with Crippen molar-refractivity contribution in [1.29, 1.82) is 0 Å². The van der Waals surface area contributed by atoms with E-state index in [1.54, 1.807) is 60.7 Å². The number of β-lactam (4-membered cyclic amide) rings is 1. The third kappa shape index (κ3) is 4.49. The molecule has 0 spiro atoms. The third-order valence-corrected chi connectivity index (χ3v) is 9.30. The minimum atomic E-state index is -4.47. The summed E-state index contributed by atoms with van der Waals surface area (Å²) in [6.07, 6.45) is -0.451. The first-order valence-corrected chi connectivity index (χ1v) is 13.1. The Bertz CT molecular complexity index is 1340. The van der Waals surface area contributed by atoms with Gasteiger partial charge >= 0.3 is 17.9 Å². The van der Waals surface area contributed by atoms with Crippen molar-refractivity contribution in [2.45, 2.75) is 29.2 Å². The number of nitrogens with zero attached hydrogens (tertiary/aromatic N) is 1. The van der Waals surface area contributed by atoms with Gasteiger partial charge in [0.2, 0.25) is 0 Å². The Morgan fingerprint density at radius 1 is 1.08 bits per heavy atom. The van der Waals surface area contributed by atoms with E-state index in [0.717, 1.165) is 11.8 Å². The summed E-state index contributed by atoms with van der Waals surface area (Å²) in [6, 6.07) is 15.7. The lowest BCUT2D eigenvalue weighted by molar-refractivity contribution is -0.162. The highest BCUT2D eigenvalue weighted by Gasteiger charge is 2.73. The number of carbonyl (C=O) groups excluding carboxylic acids is 3. The molecule has 37 heavy (non-hydrogen) atoms. The fraction of sp³-hybridized carbons (Fsp3) is 0.280. The molecule has 0 aliphatic carbocycles. The fourth-order valence-corrected chi connectivity index (χ4v) is 6.89. The number of fused-ring (bicyclic) bond motifs is 1. The van der Waals surface area contributed by atoms with Crippen LogP contribution >= 0.6 is 11.6 Å². The quantitative estimate of drug-likeness (QED) is 0.226. The monoisotopic (exact) mass is 547 g/mol. The maximum atomic E-state index is 13.7. The maximum Gasteiger partial charge on any atom is 0.331 e. The first-order valence-electron chi connectivity index (χ1n) is 11.1. The summed E-state index contributed by atoms with van der Waals surface area (Å²) in [5, 5.41) is 7.42. The van der Waals surface area contributed by atoms with Crippen LogP contribution in [0, 0.1) is 0 Å². The topological polar surface area (TPSA) is 144 Å². The molecule has 194 valence electrons. The Balaban J connectivity index is 1.77. The van der Waals surface area contributed by atoms with E-state index in [2.05, 4.69) is 0 Å². The van der Waals surface area contributed by atoms with E-state index in [1.807, 2.05) is 0 Å². The summed E-state index contributed by atoms with van der Waals surface area (Å²) in [5.41, 5.74) is 0.688. The molecule has 2 fully saturated rings. The number of carboxylic acid groups (broad SMARTS) is 1. The number of carboxylic acids is 1. The summed E-state index contributed by atoms with van der Waals surface area (Å²) >= 11 is 5.48. The van der Waals surface area contributed by atoms with Crippen LogP contribution in [0.3, 0.4) is 0 Å². The van der Waals surface area contributed by atoms with Crippen LogP contribution in [0.4, 0.5) is 0 Å². The number of carbonyl (C=O) groups is 4. The molecule has 4 rings (SSSR count). The van der Waals surface area contributed by atoms with Gasteiger partial charge in [-0.3, -0.25) is 9.59 Å². The molecule has 2 aliphatic rings. The molecule has 0 saturated carbocycles. The predicted molar refractivity (Wildman–Crippen MR) is 130 cm³/mol. The first kappa shape index (κ1) is 26.4. The number of ether oxygens (including phenoxy) is 2. The van der Waals surface area contributed by atoms with Gasteiger partial charge in [0.05, 0.1) is 5.57 Å². The van der Waals surface area contributed by atoms with Crippen LogP contribution in [0.25, 0.3) is 0 Å². The van der Waals surface area contributed by atoms with Crippen molar-refractivity contribution >= 4 is 45.3 Å². The molecule has 0 bridgehead atoms. The van der Waals surface area contributed by atoms with Crippen LogP contribution in [0.2, 0.25) is 0 Å². The van der Waals surface area contributed by atoms with Gasteiger partial charge in [-0.15, -0.1) is 11.6 Å². The number of benzene rings is 2. The third-order valence-electron chi connectivity index (χ3n) is 6.37. The Morgan fingerprint density at radius 3 is 2.11 bits per heavy atom. The SMILES string of the molecule is C[C@]1(COC(=O)CCl)[C@H](C(=O)OC(c2ccccc2)c2ccccc2)N2C(=O)/C(=C/C(=O)O)C2S1(=O)=O. The lowest BCUT2D eigenvalue weighted by atomic mass is 9.94. The van der Waals surface area contributed by atoms with Gasteiger partial charge in [-0.25, -0.2) is 18.0 Å². The van der Waals surface area contributed by atoms with Gasteiger partial charge in [0.25, 0.3) is 5.91 Å². The van der Waals surface area contributed by atoms with E-state index < -0.39 is 74.0 Å². The smallest absolute Gasteiger partial charge is 0.331 e. The first-order chi connectivity index (χ1) is 17.5. The zero-order chi connectivity index (χ0) is 27.0. The number of esters is 2. The van der Waals surface area contributed by atoms with Gasteiger partial charge in [0, 0.05) is 6.08 Å². The Kier molecular flexibility index (Phi) is 7.11. The van der Waals surface area contributed by atoms with Crippen molar-refractivity contribution in [3.05, 3.63) is 83.4 Å². The molecule has 2 aromatic carbocycles. The molecule has 0 aromatic heterocycles. The van der Waals surface area contributed by atoms with Crippen molar-refractivity contribution < 1.29 is 42.2 Å². The Morgan fingerprint density at radius 2 is 1.62 bits per heavy atom. The van der Waals surface area contributed by atoms with Crippen LogP contribution in [-0.4, -0.2) is 70.9 Å². The average molecular weight is 548 g/mol. The van der Waals surface area contributed by atoms with E-state index in [0.29, 0.717) is 17.2 Å². The molecule has 1 amide bonds. The highest BCUT2D eigenvalue weighted by molar-refractivity contribution is 7.94. The van der Waals surface area contributed by atoms with Gasteiger partial charge < -0.3 is 19.5 Å². The molecule has 12 heteroatoms. The summed E-state index contributed by atoms with van der Waals surface area (Å²) in [4.78, 5) is 50.3. The minimum absolute atomic E-state index is 0.497. The van der Waals surface area contributed by atoms with Crippen molar-refractivity contribution in [3.63, 3.8) is 0 Å². The predicted octanol–water partition coefficient (Wildman–Crippen LogP) is 1.84. The van der Waals surface area contributed by atoms with Crippen molar-refractivity contribution in [3.8, 4) is 0 Å². The Labute approximate surface area is 217 Å². The fourth-order valence-electron chi connectivity index (χ4n) is 4.54. The normalized spacial score (nSPS) is 24.9. The van der Waals surface area contributed by atoms with E-state index >= 15 is 0 Å². The molecule has 1 N–H and O–H groups in total. The molecule has 2 aromatic rings. The van der Waals surface area contributed by atoms with Crippen LogP contribution < -0.4 is 0 Å². The summed E-state index contributed by atoms with van der Waals surface area (Å²) < 4.78 is 35.9. The average Bonchev–Trinajstić information content (AvgIpc) is 3.05.